The van der Waals surface area contributed by atoms with Crippen LogP contribution in [0.15, 0.2) is 95.6 Å². The first-order valence-electron chi connectivity index (χ1n) is 12.3. The maximum atomic E-state index is 13.2. The van der Waals surface area contributed by atoms with E-state index in [2.05, 4.69) is 10.6 Å². The monoisotopic (exact) mass is 547 g/mol. The Morgan fingerprint density at radius 3 is 2.33 bits per heavy atom. The van der Waals surface area contributed by atoms with Gasteiger partial charge in [0.2, 0.25) is 0 Å². The summed E-state index contributed by atoms with van der Waals surface area (Å²) in [5.74, 6) is 0.499. The zero-order valence-electron chi connectivity index (χ0n) is 21.3. The number of benzene rings is 3. The Morgan fingerprint density at radius 1 is 0.925 bits per heavy atom. The van der Waals surface area contributed by atoms with Gasteiger partial charge in [0.05, 0.1) is 25.5 Å². The molecule has 0 spiro atoms. The summed E-state index contributed by atoms with van der Waals surface area (Å²) in [5, 5.41) is 6.33. The number of nitrogens with one attached hydrogen (secondary N) is 2. The molecule has 10 heteroatoms. The van der Waals surface area contributed by atoms with Gasteiger partial charge in [-0.3, -0.25) is 9.59 Å². The third kappa shape index (κ3) is 5.85. The first kappa shape index (κ1) is 26.6. The number of halogens is 3. The second kappa shape index (κ2) is 11.0. The lowest BCUT2D eigenvalue weighted by Gasteiger charge is -2.13. The van der Waals surface area contributed by atoms with E-state index in [-0.39, 0.29) is 24.9 Å². The fourth-order valence-corrected chi connectivity index (χ4v) is 4.31. The molecular formula is C30H24F3N3O4. The molecular weight excluding hydrogens is 523 g/mol. The molecule has 204 valence electrons. The second-order valence-electron chi connectivity index (χ2n) is 9.03. The van der Waals surface area contributed by atoms with Gasteiger partial charge >= 0.3 is 6.18 Å². The van der Waals surface area contributed by atoms with Crippen molar-refractivity contribution in [2.75, 3.05) is 12.4 Å². The van der Waals surface area contributed by atoms with Crippen molar-refractivity contribution in [2.45, 2.75) is 19.3 Å². The average Bonchev–Trinajstić information content (AvgIpc) is 3.59. The Labute approximate surface area is 227 Å². The number of hydrogen-bond acceptors (Lipinski definition) is 4. The number of amides is 2. The summed E-state index contributed by atoms with van der Waals surface area (Å²) >= 11 is 0. The zero-order valence-corrected chi connectivity index (χ0v) is 21.3. The minimum Gasteiger partial charge on any atom is -0.497 e. The van der Waals surface area contributed by atoms with Gasteiger partial charge in [0.25, 0.3) is 11.8 Å². The quantitative estimate of drug-likeness (QED) is 0.233. The van der Waals surface area contributed by atoms with Gasteiger partial charge in [0.1, 0.15) is 17.2 Å². The fourth-order valence-electron chi connectivity index (χ4n) is 4.31. The number of fused-ring (bicyclic) bond motifs is 1. The second-order valence-corrected chi connectivity index (χ2v) is 9.03. The van der Waals surface area contributed by atoms with Gasteiger partial charge in [-0.15, -0.1) is 0 Å². The molecule has 0 radical (unpaired) electrons. The molecule has 0 fully saturated rings. The molecule has 5 rings (SSSR count). The predicted octanol–water partition coefficient (Wildman–Crippen LogP) is 6.49. The van der Waals surface area contributed by atoms with E-state index in [4.69, 9.17) is 9.15 Å². The standard InChI is InChI=1S/C30H24F3N3O4/c1-39-24-11-6-20(7-12-24)28(37)35-23-10-13-26-21(15-23)16-27(29(38)34-17-25-3-2-14-40-25)36(26)18-19-4-8-22(9-5-19)30(31,32)33/h2-16H,17-18H2,1H3,(H,34,38)(H,35,37). The highest BCUT2D eigenvalue weighted by molar-refractivity contribution is 6.06. The summed E-state index contributed by atoms with van der Waals surface area (Å²) in [6, 6.07) is 21.8. The van der Waals surface area contributed by atoms with E-state index < -0.39 is 11.7 Å². The van der Waals surface area contributed by atoms with E-state index in [1.807, 2.05) is 0 Å². The molecule has 0 saturated heterocycles. The van der Waals surface area contributed by atoms with Gasteiger partial charge in [-0.1, -0.05) is 12.1 Å². The van der Waals surface area contributed by atoms with Crippen molar-refractivity contribution in [3.63, 3.8) is 0 Å². The summed E-state index contributed by atoms with van der Waals surface area (Å²) < 4.78 is 51.3. The van der Waals surface area contributed by atoms with Crippen molar-refractivity contribution in [3.8, 4) is 5.75 Å². The lowest BCUT2D eigenvalue weighted by atomic mass is 10.1. The Morgan fingerprint density at radius 2 is 1.68 bits per heavy atom. The Hall–Kier alpha value is -4.99. The van der Waals surface area contributed by atoms with Crippen molar-refractivity contribution in [3.05, 3.63) is 119 Å². The van der Waals surface area contributed by atoms with Gasteiger partial charge in [-0.05, 0) is 78.4 Å². The third-order valence-corrected chi connectivity index (χ3v) is 6.37. The summed E-state index contributed by atoms with van der Waals surface area (Å²) in [7, 11) is 1.54. The summed E-state index contributed by atoms with van der Waals surface area (Å²) in [5.41, 5.74) is 1.77. The van der Waals surface area contributed by atoms with Crippen LogP contribution in [0.4, 0.5) is 18.9 Å². The summed E-state index contributed by atoms with van der Waals surface area (Å²) in [4.78, 5) is 26.0. The Bertz CT molecular complexity index is 1640. The Kier molecular flexibility index (Phi) is 7.33. The number of aromatic nitrogens is 1. The summed E-state index contributed by atoms with van der Waals surface area (Å²) in [6.45, 7) is 0.319. The zero-order chi connectivity index (χ0) is 28.3. The number of alkyl halides is 3. The number of hydrogen-bond donors (Lipinski definition) is 2. The molecule has 0 saturated carbocycles. The van der Waals surface area contributed by atoms with Gasteiger partial charge in [0, 0.05) is 28.7 Å². The van der Waals surface area contributed by atoms with E-state index in [0.717, 1.165) is 12.1 Å². The topological polar surface area (TPSA) is 85.5 Å². The first-order chi connectivity index (χ1) is 19.2. The molecule has 40 heavy (non-hydrogen) atoms. The molecule has 7 nitrogen and oxygen atoms in total. The van der Waals surface area contributed by atoms with Crippen LogP contribution in [0.25, 0.3) is 10.9 Å². The van der Waals surface area contributed by atoms with Crippen LogP contribution in [0, 0.1) is 0 Å². The molecule has 0 bridgehead atoms. The lowest BCUT2D eigenvalue weighted by Crippen LogP contribution is -2.25. The minimum atomic E-state index is -4.44. The maximum absolute atomic E-state index is 13.2. The molecule has 2 N–H and O–H groups in total. The number of carbonyl (C=O) groups is 2. The number of ether oxygens (including phenoxy) is 1. The van der Waals surface area contributed by atoms with Crippen LogP contribution in [0.5, 0.6) is 5.75 Å². The number of methoxy groups -OCH3 is 1. The number of carbonyl (C=O) groups excluding carboxylic acids is 2. The average molecular weight is 548 g/mol. The van der Waals surface area contributed by atoms with Crippen molar-refractivity contribution < 1.29 is 31.9 Å². The molecule has 0 aliphatic rings. The van der Waals surface area contributed by atoms with E-state index in [0.29, 0.717) is 44.9 Å². The van der Waals surface area contributed by atoms with Crippen LogP contribution >= 0.6 is 0 Å². The predicted molar refractivity (Wildman–Crippen MR) is 143 cm³/mol. The highest BCUT2D eigenvalue weighted by atomic mass is 19.4. The number of rotatable bonds is 8. The van der Waals surface area contributed by atoms with Crippen molar-refractivity contribution in [2.24, 2.45) is 0 Å². The van der Waals surface area contributed by atoms with Crippen LogP contribution < -0.4 is 15.4 Å². The molecule has 0 aliphatic carbocycles. The van der Waals surface area contributed by atoms with E-state index in [9.17, 15) is 22.8 Å². The lowest BCUT2D eigenvalue weighted by molar-refractivity contribution is -0.137. The molecule has 5 aromatic rings. The Balaban J connectivity index is 1.44. The SMILES string of the molecule is COc1ccc(C(=O)Nc2ccc3c(c2)cc(C(=O)NCc2ccco2)n3Cc2ccc(C(F)(F)F)cc2)cc1. The van der Waals surface area contributed by atoms with Gasteiger partial charge in [0.15, 0.2) is 0 Å². The highest BCUT2D eigenvalue weighted by Gasteiger charge is 2.30. The van der Waals surface area contributed by atoms with Gasteiger partial charge < -0.3 is 24.4 Å². The fraction of sp³-hybridized carbons (Fsp3) is 0.133. The molecule has 2 amide bonds. The molecule has 3 aromatic carbocycles. The number of furan rings is 1. The van der Waals surface area contributed by atoms with Gasteiger partial charge in [-0.25, -0.2) is 0 Å². The van der Waals surface area contributed by atoms with Crippen molar-refractivity contribution >= 4 is 28.4 Å². The molecule has 0 aliphatic heterocycles. The first-order valence-corrected chi connectivity index (χ1v) is 12.3. The van der Waals surface area contributed by atoms with Crippen LogP contribution in [0.1, 0.15) is 37.7 Å². The highest BCUT2D eigenvalue weighted by Crippen LogP contribution is 2.30. The van der Waals surface area contributed by atoms with Crippen molar-refractivity contribution in [1.82, 2.24) is 9.88 Å². The smallest absolute Gasteiger partial charge is 0.416 e. The van der Waals surface area contributed by atoms with Gasteiger partial charge in [-0.2, -0.15) is 13.2 Å². The maximum Gasteiger partial charge on any atom is 0.416 e. The van der Waals surface area contributed by atoms with Crippen LogP contribution in [0.3, 0.4) is 0 Å². The number of anilines is 1. The molecule has 0 atom stereocenters. The molecule has 2 aromatic heterocycles. The third-order valence-electron chi connectivity index (χ3n) is 6.37. The van der Waals surface area contributed by atoms with Crippen LogP contribution in [-0.4, -0.2) is 23.5 Å². The normalized spacial score (nSPS) is 11.4. The summed E-state index contributed by atoms with van der Waals surface area (Å²) in [6.07, 6.45) is -2.94. The van der Waals surface area contributed by atoms with Crippen LogP contribution in [-0.2, 0) is 19.3 Å². The van der Waals surface area contributed by atoms with E-state index in [1.165, 1.54) is 18.4 Å². The van der Waals surface area contributed by atoms with Crippen molar-refractivity contribution in [1.29, 1.82) is 0 Å². The van der Waals surface area contributed by atoms with Crippen LogP contribution in [0.2, 0.25) is 0 Å². The van der Waals surface area contributed by atoms with E-state index >= 15 is 0 Å². The minimum absolute atomic E-state index is 0.155. The molecule has 2 heterocycles. The molecule has 0 unspecified atom stereocenters. The van der Waals surface area contributed by atoms with E-state index in [1.54, 1.807) is 72.3 Å². The number of nitrogens with zero attached hydrogens (tertiary/aromatic N) is 1. The largest absolute Gasteiger partial charge is 0.497 e.